The Labute approximate surface area is 107 Å². The Morgan fingerprint density at radius 2 is 2.22 bits per heavy atom. The minimum atomic E-state index is 0.142. The first-order valence-corrected chi connectivity index (χ1v) is 6.13. The number of hydrogen-bond acceptors (Lipinski definition) is 4. The Kier molecular flexibility index (Phi) is 4.17. The first-order valence-electron chi connectivity index (χ1n) is 6.13. The molecule has 0 aromatic heterocycles. The van der Waals surface area contributed by atoms with Crippen molar-refractivity contribution in [3.8, 4) is 0 Å². The van der Waals surface area contributed by atoms with E-state index in [0.717, 1.165) is 37.2 Å². The van der Waals surface area contributed by atoms with Crippen molar-refractivity contribution in [2.75, 3.05) is 19.7 Å². The van der Waals surface area contributed by atoms with Crippen molar-refractivity contribution in [3.05, 3.63) is 35.4 Å². The van der Waals surface area contributed by atoms with Gasteiger partial charge in [-0.05, 0) is 24.4 Å². The molecule has 18 heavy (non-hydrogen) atoms. The fraction of sp³-hybridized carbons (Fsp3) is 0.462. The number of likely N-dealkylation sites (tertiary alicyclic amines) is 1. The molecular formula is C13H19N3O2. The molecule has 1 aliphatic heterocycles. The third-order valence-corrected chi connectivity index (χ3v) is 3.42. The SMILES string of the molecule is N/C(=N/O)c1ccccc1CN1CCC(CO)C1. The predicted molar refractivity (Wildman–Crippen MR) is 69.4 cm³/mol. The quantitative estimate of drug-likeness (QED) is 0.316. The average Bonchev–Trinajstić information content (AvgIpc) is 2.86. The van der Waals surface area contributed by atoms with Gasteiger partial charge in [-0.2, -0.15) is 0 Å². The van der Waals surface area contributed by atoms with Gasteiger partial charge in [0.2, 0.25) is 0 Å². The van der Waals surface area contributed by atoms with Crippen LogP contribution in [0, 0.1) is 5.92 Å². The highest BCUT2D eigenvalue weighted by Gasteiger charge is 2.22. The molecule has 1 heterocycles. The molecule has 0 saturated carbocycles. The third-order valence-electron chi connectivity index (χ3n) is 3.42. The zero-order valence-corrected chi connectivity index (χ0v) is 10.3. The molecule has 1 fully saturated rings. The third kappa shape index (κ3) is 2.80. The zero-order valence-electron chi connectivity index (χ0n) is 10.3. The second kappa shape index (κ2) is 5.84. The second-order valence-electron chi connectivity index (χ2n) is 4.71. The van der Waals surface area contributed by atoms with Crippen LogP contribution >= 0.6 is 0 Å². The predicted octanol–water partition coefficient (Wildman–Crippen LogP) is 0.595. The second-order valence-corrected chi connectivity index (χ2v) is 4.71. The summed E-state index contributed by atoms with van der Waals surface area (Å²) in [5, 5.41) is 21.0. The number of aliphatic hydroxyl groups excluding tert-OH is 1. The highest BCUT2D eigenvalue weighted by Crippen LogP contribution is 2.19. The molecule has 0 radical (unpaired) electrons. The highest BCUT2D eigenvalue weighted by atomic mass is 16.4. The lowest BCUT2D eigenvalue weighted by atomic mass is 10.1. The van der Waals surface area contributed by atoms with Crippen molar-refractivity contribution in [1.82, 2.24) is 4.90 Å². The fourth-order valence-corrected chi connectivity index (χ4v) is 2.41. The van der Waals surface area contributed by atoms with Gasteiger partial charge in [-0.3, -0.25) is 4.90 Å². The largest absolute Gasteiger partial charge is 0.409 e. The van der Waals surface area contributed by atoms with Crippen LogP contribution in [0.3, 0.4) is 0 Å². The number of hydrogen-bond donors (Lipinski definition) is 3. The van der Waals surface area contributed by atoms with E-state index in [4.69, 9.17) is 16.0 Å². The van der Waals surface area contributed by atoms with Gasteiger partial charge in [0.25, 0.3) is 0 Å². The first-order chi connectivity index (χ1) is 8.74. The van der Waals surface area contributed by atoms with E-state index in [1.807, 2.05) is 24.3 Å². The first kappa shape index (κ1) is 12.9. The fourth-order valence-electron chi connectivity index (χ4n) is 2.41. The van der Waals surface area contributed by atoms with Crippen molar-refractivity contribution < 1.29 is 10.3 Å². The summed E-state index contributed by atoms with van der Waals surface area (Å²) in [4.78, 5) is 2.28. The van der Waals surface area contributed by atoms with Crippen LogP contribution in [0.4, 0.5) is 0 Å². The molecule has 0 spiro atoms. The molecule has 5 nitrogen and oxygen atoms in total. The van der Waals surface area contributed by atoms with Crippen LogP contribution in [-0.4, -0.2) is 40.7 Å². The molecule has 1 atom stereocenters. The van der Waals surface area contributed by atoms with Gasteiger partial charge >= 0.3 is 0 Å². The van der Waals surface area contributed by atoms with Crippen molar-refractivity contribution in [2.24, 2.45) is 16.8 Å². The van der Waals surface area contributed by atoms with Gasteiger partial charge < -0.3 is 16.0 Å². The molecule has 0 amide bonds. The van der Waals surface area contributed by atoms with Crippen molar-refractivity contribution in [2.45, 2.75) is 13.0 Å². The maximum Gasteiger partial charge on any atom is 0.170 e. The lowest BCUT2D eigenvalue weighted by molar-refractivity contribution is 0.220. The number of oxime groups is 1. The summed E-state index contributed by atoms with van der Waals surface area (Å²) in [6.07, 6.45) is 1.03. The number of rotatable bonds is 4. The van der Waals surface area contributed by atoms with E-state index in [9.17, 15) is 0 Å². The minimum absolute atomic E-state index is 0.142. The van der Waals surface area contributed by atoms with Crippen molar-refractivity contribution >= 4 is 5.84 Å². The van der Waals surface area contributed by atoms with Crippen LogP contribution in [0.1, 0.15) is 17.5 Å². The van der Waals surface area contributed by atoms with Gasteiger partial charge in [0.1, 0.15) is 0 Å². The smallest absolute Gasteiger partial charge is 0.170 e. The number of benzene rings is 1. The van der Waals surface area contributed by atoms with E-state index in [1.165, 1.54) is 0 Å². The summed E-state index contributed by atoms with van der Waals surface area (Å²) in [5.74, 6) is 0.518. The van der Waals surface area contributed by atoms with Gasteiger partial charge in [0.15, 0.2) is 5.84 Å². The number of amidine groups is 1. The van der Waals surface area contributed by atoms with E-state index < -0.39 is 0 Å². The molecule has 2 rings (SSSR count). The normalized spacial score (nSPS) is 21.4. The summed E-state index contributed by atoms with van der Waals surface area (Å²) in [6.45, 7) is 2.90. The van der Waals surface area contributed by atoms with Gasteiger partial charge in [-0.15, -0.1) is 0 Å². The Hall–Kier alpha value is -1.59. The van der Waals surface area contributed by atoms with E-state index in [1.54, 1.807) is 0 Å². The van der Waals surface area contributed by atoms with E-state index in [-0.39, 0.29) is 12.4 Å². The van der Waals surface area contributed by atoms with Gasteiger partial charge in [0, 0.05) is 25.3 Å². The van der Waals surface area contributed by atoms with E-state index in [0.29, 0.717) is 5.92 Å². The van der Waals surface area contributed by atoms with E-state index in [2.05, 4.69) is 10.1 Å². The van der Waals surface area contributed by atoms with Crippen LogP contribution in [0.25, 0.3) is 0 Å². The van der Waals surface area contributed by atoms with Gasteiger partial charge in [-0.1, -0.05) is 29.4 Å². The Morgan fingerprint density at radius 3 is 2.89 bits per heavy atom. The molecule has 1 saturated heterocycles. The Morgan fingerprint density at radius 1 is 1.44 bits per heavy atom. The molecule has 1 aromatic rings. The molecule has 1 unspecified atom stereocenters. The van der Waals surface area contributed by atoms with Crippen LogP contribution in [-0.2, 0) is 6.54 Å². The molecule has 4 N–H and O–H groups in total. The molecule has 0 aliphatic carbocycles. The van der Waals surface area contributed by atoms with Crippen LogP contribution in [0.15, 0.2) is 29.4 Å². The van der Waals surface area contributed by atoms with Crippen LogP contribution in [0.2, 0.25) is 0 Å². The Bertz CT molecular complexity index is 434. The highest BCUT2D eigenvalue weighted by molar-refractivity contribution is 5.98. The summed E-state index contributed by atoms with van der Waals surface area (Å²) >= 11 is 0. The lowest BCUT2D eigenvalue weighted by Gasteiger charge is -2.17. The minimum Gasteiger partial charge on any atom is -0.409 e. The topological polar surface area (TPSA) is 82.1 Å². The van der Waals surface area contributed by atoms with Crippen LogP contribution < -0.4 is 5.73 Å². The maximum atomic E-state index is 9.13. The van der Waals surface area contributed by atoms with Gasteiger partial charge in [-0.25, -0.2) is 0 Å². The summed E-state index contributed by atoms with van der Waals surface area (Å²) in [5.41, 5.74) is 7.48. The van der Waals surface area contributed by atoms with Crippen molar-refractivity contribution in [3.63, 3.8) is 0 Å². The summed E-state index contributed by atoms with van der Waals surface area (Å²) in [7, 11) is 0. The standard InChI is InChI=1S/C13H19N3O2/c14-13(15-18)12-4-2-1-3-11(12)8-16-6-5-10(7-16)9-17/h1-4,10,17-18H,5-9H2,(H2,14,15). The molecule has 5 heteroatoms. The number of nitrogens with two attached hydrogens (primary N) is 1. The molecular weight excluding hydrogens is 230 g/mol. The molecule has 1 aliphatic rings. The zero-order chi connectivity index (χ0) is 13.0. The average molecular weight is 249 g/mol. The maximum absolute atomic E-state index is 9.13. The van der Waals surface area contributed by atoms with Crippen LogP contribution in [0.5, 0.6) is 0 Å². The van der Waals surface area contributed by atoms with Crippen molar-refractivity contribution in [1.29, 1.82) is 0 Å². The lowest BCUT2D eigenvalue weighted by Crippen LogP contribution is -2.24. The number of nitrogens with zero attached hydrogens (tertiary/aromatic N) is 2. The molecule has 0 bridgehead atoms. The summed E-state index contributed by atoms with van der Waals surface area (Å²) in [6, 6.07) is 7.66. The molecule has 98 valence electrons. The molecule has 1 aromatic carbocycles. The Balaban J connectivity index is 2.10. The number of aliphatic hydroxyl groups is 1. The van der Waals surface area contributed by atoms with Gasteiger partial charge in [0.05, 0.1) is 0 Å². The summed E-state index contributed by atoms with van der Waals surface area (Å²) < 4.78 is 0. The van der Waals surface area contributed by atoms with E-state index >= 15 is 0 Å². The monoisotopic (exact) mass is 249 g/mol.